The molecule has 0 saturated heterocycles. The normalized spacial score (nSPS) is 13.5. The number of hydrogen-bond acceptors (Lipinski definition) is 5. The summed E-state index contributed by atoms with van der Waals surface area (Å²) in [5, 5.41) is 4.52. The molecule has 2 aromatic heterocycles. The van der Waals surface area contributed by atoms with Crippen LogP contribution in [0.2, 0.25) is 0 Å². The Morgan fingerprint density at radius 2 is 1.68 bits per heavy atom. The summed E-state index contributed by atoms with van der Waals surface area (Å²) in [6.45, 7) is 6.11. The van der Waals surface area contributed by atoms with Crippen LogP contribution in [0.1, 0.15) is 74.9 Å². The number of para-hydroxylation sites is 1. The number of fused-ring (bicyclic) bond motifs is 2. The Balaban J connectivity index is 1.61. The van der Waals surface area contributed by atoms with Gasteiger partial charge in [-0.05, 0) is 63.6 Å². The zero-order valence-electron chi connectivity index (χ0n) is 21.6. The number of ether oxygens (including phenoxy) is 1. The average Bonchev–Trinajstić information content (AvgIpc) is 3.20. The van der Waals surface area contributed by atoms with Gasteiger partial charge in [-0.25, -0.2) is 9.78 Å². The fraction of sp³-hybridized carbons (Fsp3) is 0.323. The van der Waals surface area contributed by atoms with Crippen LogP contribution < -0.4 is 5.32 Å². The molecule has 6 heteroatoms. The van der Waals surface area contributed by atoms with Crippen molar-refractivity contribution in [3.8, 4) is 11.3 Å². The van der Waals surface area contributed by atoms with Gasteiger partial charge in [0.15, 0.2) is 0 Å². The topological polar surface area (TPSA) is 68.3 Å². The van der Waals surface area contributed by atoms with Crippen LogP contribution in [0.5, 0.6) is 0 Å². The van der Waals surface area contributed by atoms with E-state index in [-0.39, 0.29) is 11.9 Å². The summed E-state index contributed by atoms with van der Waals surface area (Å²) >= 11 is 1.53. The third-order valence-electron chi connectivity index (χ3n) is 7.07. The number of hydrogen-bond donors (Lipinski definition) is 1. The molecule has 1 aliphatic carbocycles. The minimum atomic E-state index is -0.354. The average molecular weight is 513 g/mol. The van der Waals surface area contributed by atoms with Crippen molar-refractivity contribution in [2.45, 2.75) is 59.3 Å². The minimum absolute atomic E-state index is 0.232. The standard InChI is InChI=1S/C31H32N2O3S/c1-4-36-31(35)27-23-12-7-5-6-8-14-25(23)37-30(27)33-29(34)26-20(3)28(21-17-15-19(2)16-18-21)32-24-13-10-9-11-22(24)26/h9-11,13,15-18H,4-8,12,14H2,1-3H3,(H,33,34). The molecule has 0 aliphatic heterocycles. The third kappa shape index (κ3) is 5.03. The van der Waals surface area contributed by atoms with Crippen LogP contribution in [0.4, 0.5) is 5.00 Å². The van der Waals surface area contributed by atoms with Gasteiger partial charge in [-0.3, -0.25) is 4.79 Å². The van der Waals surface area contributed by atoms with Gasteiger partial charge in [0.1, 0.15) is 5.00 Å². The summed E-state index contributed by atoms with van der Waals surface area (Å²) in [7, 11) is 0. The van der Waals surface area contributed by atoms with Gasteiger partial charge in [0.25, 0.3) is 5.91 Å². The first-order valence-electron chi connectivity index (χ1n) is 13.1. The van der Waals surface area contributed by atoms with E-state index < -0.39 is 0 Å². The van der Waals surface area contributed by atoms with E-state index in [1.807, 2.05) is 50.2 Å². The first-order valence-corrected chi connectivity index (χ1v) is 13.9. The predicted octanol–water partition coefficient (Wildman–Crippen LogP) is 7.67. The zero-order valence-corrected chi connectivity index (χ0v) is 22.5. The maximum absolute atomic E-state index is 14.0. The van der Waals surface area contributed by atoms with E-state index in [9.17, 15) is 9.59 Å². The van der Waals surface area contributed by atoms with Crippen molar-refractivity contribution in [3.63, 3.8) is 0 Å². The van der Waals surface area contributed by atoms with Crippen LogP contribution in [-0.2, 0) is 17.6 Å². The molecule has 0 radical (unpaired) electrons. The Kier molecular flexibility index (Phi) is 7.38. The first-order chi connectivity index (χ1) is 18.0. The molecule has 0 atom stereocenters. The molecule has 2 heterocycles. The molecule has 190 valence electrons. The number of benzene rings is 2. The van der Waals surface area contributed by atoms with Crippen LogP contribution in [0.25, 0.3) is 22.2 Å². The van der Waals surface area contributed by atoms with Crippen molar-refractivity contribution in [2.75, 3.05) is 11.9 Å². The van der Waals surface area contributed by atoms with Crippen molar-refractivity contribution >= 4 is 39.1 Å². The second kappa shape index (κ2) is 10.9. The summed E-state index contributed by atoms with van der Waals surface area (Å²) < 4.78 is 5.44. The lowest BCUT2D eigenvalue weighted by molar-refractivity contribution is 0.0526. The highest BCUT2D eigenvalue weighted by molar-refractivity contribution is 7.17. The highest BCUT2D eigenvalue weighted by Crippen LogP contribution is 2.39. The van der Waals surface area contributed by atoms with Gasteiger partial charge in [-0.15, -0.1) is 11.3 Å². The molecule has 4 aromatic rings. The monoisotopic (exact) mass is 512 g/mol. The molecule has 1 aliphatic rings. The molecule has 2 aromatic carbocycles. The number of rotatable bonds is 5. The highest BCUT2D eigenvalue weighted by atomic mass is 32.1. The maximum Gasteiger partial charge on any atom is 0.341 e. The zero-order chi connectivity index (χ0) is 25.9. The number of esters is 1. The van der Waals surface area contributed by atoms with Crippen LogP contribution in [0, 0.1) is 13.8 Å². The number of carbonyl (C=O) groups is 2. The maximum atomic E-state index is 14.0. The van der Waals surface area contributed by atoms with Gasteiger partial charge < -0.3 is 10.1 Å². The molecule has 5 rings (SSSR count). The summed E-state index contributed by atoms with van der Waals surface area (Å²) in [5.41, 5.74) is 6.66. The summed E-state index contributed by atoms with van der Waals surface area (Å²) in [6, 6.07) is 15.9. The number of pyridine rings is 1. The lowest BCUT2D eigenvalue weighted by atomic mass is 9.96. The van der Waals surface area contributed by atoms with E-state index in [2.05, 4.69) is 24.4 Å². The number of carbonyl (C=O) groups excluding carboxylic acids is 2. The summed E-state index contributed by atoms with van der Waals surface area (Å²) in [5.74, 6) is -0.586. The number of nitrogens with zero attached hydrogens (tertiary/aromatic N) is 1. The van der Waals surface area contributed by atoms with E-state index in [4.69, 9.17) is 9.72 Å². The van der Waals surface area contributed by atoms with Gasteiger partial charge in [0, 0.05) is 15.8 Å². The lowest BCUT2D eigenvalue weighted by Gasteiger charge is -2.15. The number of nitrogens with one attached hydrogen (secondary N) is 1. The Labute approximate surface area is 221 Å². The fourth-order valence-electron chi connectivity index (χ4n) is 5.18. The number of aromatic nitrogens is 1. The molecule has 37 heavy (non-hydrogen) atoms. The molecule has 5 nitrogen and oxygen atoms in total. The number of anilines is 1. The molecule has 0 spiro atoms. The van der Waals surface area contributed by atoms with E-state index in [0.717, 1.165) is 65.4 Å². The predicted molar refractivity (Wildman–Crippen MR) is 151 cm³/mol. The van der Waals surface area contributed by atoms with E-state index in [1.165, 1.54) is 28.2 Å². The van der Waals surface area contributed by atoms with Crippen LogP contribution in [-0.4, -0.2) is 23.5 Å². The van der Waals surface area contributed by atoms with Gasteiger partial charge in [0.2, 0.25) is 0 Å². The second-order valence-electron chi connectivity index (χ2n) is 9.64. The molecule has 1 amide bonds. The fourth-order valence-corrected chi connectivity index (χ4v) is 6.46. The molecular formula is C31H32N2O3S. The molecule has 0 unspecified atom stereocenters. The summed E-state index contributed by atoms with van der Waals surface area (Å²) in [4.78, 5) is 33.2. The molecular weight excluding hydrogens is 480 g/mol. The van der Waals surface area contributed by atoms with Crippen molar-refractivity contribution in [2.24, 2.45) is 0 Å². The molecule has 1 N–H and O–H groups in total. The largest absolute Gasteiger partial charge is 0.462 e. The number of amides is 1. The van der Waals surface area contributed by atoms with Crippen molar-refractivity contribution in [1.29, 1.82) is 0 Å². The third-order valence-corrected chi connectivity index (χ3v) is 8.27. The van der Waals surface area contributed by atoms with Crippen LogP contribution >= 0.6 is 11.3 Å². The van der Waals surface area contributed by atoms with Gasteiger partial charge in [-0.2, -0.15) is 0 Å². The highest BCUT2D eigenvalue weighted by Gasteiger charge is 2.28. The Hall–Kier alpha value is -3.51. The van der Waals surface area contributed by atoms with E-state index in [1.54, 1.807) is 0 Å². The quantitative estimate of drug-likeness (QED) is 0.279. The molecule has 0 bridgehead atoms. The smallest absolute Gasteiger partial charge is 0.341 e. The van der Waals surface area contributed by atoms with Crippen molar-refractivity contribution in [1.82, 2.24) is 4.98 Å². The Bertz CT molecular complexity index is 1470. The van der Waals surface area contributed by atoms with E-state index >= 15 is 0 Å². The Morgan fingerprint density at radius 3 is 2.43 bits per heavy atom. The van der Waals surface area contributed by atoms with Crippen LogP contribution in [0.15, 0.2) is 48.5 Å². The summed E-state index contributed by atoms with van der Waals surface area (Å²) in [6.07, 6.45) is 6.25. The molecule has 0 fully saturated rings. The lowest BCUT2D eigenvalue weighted by Crippen LogP contribution is -2.17. The SMILES string of the molecule is CCOC(=O)c1c(NC(=O)c2c(C)c(-c3ccc(C)cc3)nc3ccccc23)sc2c1CCCCCC2. The van der Waals surface area contributed by atoms with Crippen molar-refractivity contribution < 1.29 is 14.3 Å². The Morgan fingerprint density at radius 1 is 0.946 bits per heavy atom. The molecule has 0 saturated carbocycles. The van der Waals surface area contributed by atoms with Gasteiger partial charge >= 0.3 is 5.97 Å². The first kappa shape index (κ1) is 25.2. The second-order valence-corrected chi connectivity index (χ2v) is 10.7. The number of thiophene rings is 1. The van der Waals surface area contributed by atoms with Gasteiger partial charge in [0.05, 0.1) is 28.9 Å². The minimum Gasteiger partial charge on any atom is -0.462 e. The van der Waals surface area contributed by atoms with Crippen molar-refractivity contribution in [3.05, 3.63) is 81.2 Å². The van der Waals surface area contributed by atoms with Gasteiger partial charge in [-0.1, -0.05) is 60.9 Å². The van der Waals surface area contributed by atoms with Crippen LogP contribution in [0.3, 0.4) is 0 Å². The number of aryl methyl sites for hydroxylation is 2. The van der Waals surface area contributed by atoms with E-state index in [0.29, 0.717) is 22.7 Å².